The Morgan fingerprint density at radius 3 is 2.67 bits per heavy atom. The zero-order valence-corrected chi connectivity index (χ0v) is 15.8. The summed E-state index contributed by atoms with van der Waals surface area (Å²) in [6.45, 7) is 4.08. The highest BCUT2D eigenvalue weighted by molar-refractivity contribution is 6.31. The maximum atomic E-state index is 12.6. The largest absolute Gasteiger partial charge is 0.406 e. The van der Waals surface area contributed by atoms with Crippen LogP contribution in [0.1, 0.15) is 27.0 Å². The third-order valence-electron chi connectivity index (χ3n) is 4.04. The Morgan fingerprint density at radius 2 is 1.93 bits per heavy atom. The second-order valence-corrected chi connectivity index (χ2v) is 6.64. The highest BCUT2D eigenvalue weighted by atomic mass is 35.5. The molecule has 138 valence electrons. The SMILES string of the molecule is Cc1cccc(COn2cccc(C(=O)Nc3ccc(C)c(Cl)c3)c2=O)c1. The van der Waals surface area contributed by atoms with Gasteiger partial charge in [0.2, 0.25) is 0 Å². The summed E-state index contributed by atoms with van der Waals surface area (Å²) in [5.41, 5.74) is 2.92. The van der Waals surface area contributed by atoms with Gasteiger partial charge in [-0.15, -0.1) is 0 Å². The molecule has 0 atom stereocenters. The van der Waals surface area contributed by atoms with Crippen LogP contribution in [0.2, 0.25) is 5.02 Å². The van der Waals surface area contributed by atoms with E-state index < -0.39 is 11.5 Å². The van der Waals surface area contributed by atoms with Gasteiger partial charge in [-0.25, -0.2) is 0 Å². The van der Waals surface area contributed by atoms with Crippen LogP contribution in [0.3, 0.4) is 0 Å². The van der Waals surface area contributed by atoms with Crippen molar-refractivity contribution >= 4 is 23.2 Å². The molecule has 3 aromatic rings. The molecule has 1 N–H and O–H groups in total. The molecular weight excluding hydrogens is 364 g/mol. The van der Waals surface area contributed by atoms with E-state index in [2.05, 4.69) is 5.32 Å². The number of halogens is 1. The lowest BCUT2D eigenvalue weighted by Gasteiger charge is -2.11. The maximum Gasteiger partial charge on any atom is 0.295 e. The van der Waals surface area contributed by atoms with Crippen molar-refractivity contribution in [2.75, 3.05) is 5.32 Å². The Kier molecular flexibility index (Phi) is 5.62. The van der Waals surface area contributed by atoms with Gasteiger partial charge in [0.05, 0.1) is 0 Å². The number of hydrogen-bond acceptors (Lipinski definition) is 3. The minimum Gasteiger partial charge on any atom is -0.406 e. The predicted octanol–water partition coefficient (Wildman–Crippen LogP) is 4.00. The van der Waals surface area contributed by atoms with Gasteiger partial charge in [0, 0.05) is 16.9 Å². The first-order valence-electron chi connectivity index (χ1n) is 8.42. The van der Waals surface area contributed by atoms with E-state index in [9.17, 15) is 9.59 Å². The average Bonchev–Trinajstić information content (AvgIpc) is 2.64. The van der Waals surface area contributed by atoms with Crippen molar-refractivity contribution < 1.29 is 9.63 Å². The highest BCUT2D eigenvalue weighted by Gasteiger charge is 2.13. The molecule has 3 rings (SSSR count). The predicted molar refractivity (Wildman–Crippen MR) is 106 cm³/mol. The number of aryl methyl sites for hydroxylation is 2. The minimum atomic E-state index is -0.527. The fraction of sp³-hybridized carbons (Fsp3) is 0.143. The smallest absolute Gasteiger partial charge is 0.295 e. The fourth-order valence-electron chi connectivity index (χ4n) is 2.56. The van der Waals surface area contributed by atoms with E-state index in [0.29, 0.717) is 10.7 Å². The van der Waals surface area contributed by atoms with Crippen molar-refractivity contribution in [1.82, 2.24) is 4.73 Å². The molecule has 0 unspecified atom stereocenters. The standard InChI is InChI=1S/C21H19ClN2O3/c1-14-5-3-6-16(11-14)13-27-24-10-4-7-18(21(24)26)20(25)23-17-9-8-15(2)19(22)12-17/h3-12H,13H2,1-2H3,(H,23,25). The molecule has 5 nitrogen and oxygen atoms in total. The van der Waals surface area contributed by atoms with Crippen LogP contribution in [-0.2, 0) is 6.61 Å². The molecule has 0 aliphatic heterocycles. The molecule has 1 heterocycles. The molecule has 1 aromatic heterocycles. The van der Waals surface area contributed by atoms with Crippen LogP contribution in [0.4, 0.5) is 5.69 Å². The average molecular weight is 383 g/mol. The quantitative estimate of drug-likeness (QED) is 0.725. The van der Waals surface area contributed by atoms with Crippen molar-refractivity contribution in [2.24, 2.45) is 0 Å². The number of rotatable bonds is 5. The number of pyridine rings is 1. The Labute approximate surface area is 162 Å². The van der Waals surface area contributed by atoms with E-state index in [-0.39, 0.29) is 12.2 Å². The van der Waals surface area contributed by atoms with Gasteiger partial charge in [0.25, 0.3) is 11.5 Å². The van der Waals surface area contributed by atoms with E-state index in [4.69, 9.17) is 16.4 Å². The Morgan fingerprint density at radius 1 is 1.11 bits per heavy atom. The van der Waals surface area contributed by atoms with Crippen LogP contribution in [0.25, 0.3) is 0 Å². The molecule has 0 radical (unpaired) electrons. The Balaban J connectivity index is 1.76. The van der Waals surface area contributed by atoms with Gasteiger partial charge in [0.1, 0.15) is 12.2 Å². The summed E-state index contributed by atoms with van der Waals surface area (Å²) in [5.74, 6) is -0.520. The molecule has 1 amide bonds. The number of carbonyl (C=O) groups is 1. The van der Waals surface area contributed by atoms with E-state index in [0.717, 1.165) is 21.4 Å². The highest BCUT2D eigenvalue weighted by Crippen LogP contribution is 2.20. The molecule has 0 spiro atoms. The zero-order valence-electron chi connectivity index (χ0n) is 15.0. The van der Waals surface area contributed by atoms with Crippen LogP contribution < -0.4 is 15.7 Å². The fourth-order valence-corrected chi connectivity index (χ4v) is 2.75. The molecule has 0 aliphatic carbocycles. The lowest BCUT2D eigenvalue weighted by atomic mass is 10.1. The summed E-state index contributed by atoms with van der Waals surface area (Å²) in [6, 6.07) is 16.0. The molecule has 6 heteroatoms. The van der Waals surface area contributed by atoms with Crippen molar-refractivity contribution in [3.63, 3.8) is 0 Å². The second-order valence-electron chi connectivity index (χ2n) is 6.23. The van der Waals surface area contributed by atoms with Gasteiger partial charge in [-0.1, -0.05) is 47.5 Å². The lowest BCUT2D eigenvalue weighted by molar-refractivity contribution is 0.0863. The van der Waals surface area contributed by atoms with Crippen LogP contribution in [0.5, 0.6) is 0 Å². The summed E-state index contributed by atoms with van der Waals surface area (Å²) in [7, 11) is 0. The van der Waals surface area contributed by atoms with Crippen LogP contribution >= 0.6 is 11.6 Å². The van der Waals surface area contributed by atoms with Gasteiger partial charge < -0.3 is 10.2 Å². The van der Waals surface area contributed by atoms with E-state index in [1.54, 1.807) is 24.3 Å². The summed E-state index contributed by atoms with van der Waals surface area (Å²) < 4.78 is 1.07. The molecule has 0 bridgehead atoms. The number of carbonyl (C=O) groups excluding carboxylic acids is 1. The minimum absolute atomic E-state index is 0.0153. The van der Waals surface area contributed by atoms with E-state index in [1.807, 2.05) is 38.1 Å². The number of hydrogen-bond donors (Lipinski definition) is 1. The summed E-state index contributed by atoms with van der Waals surface area (Å²) in [4.78, 5) is 30.6. The second kappa shape index (κ2) is 8.10. The van der Waals surface area contributed by atoms with Crippen molar-refractivity contribution in [3.8, 4) is 0 Å². The first-order valence-corrected chi connectivity index (χ1v) is 8.80. The number of nitrogens with one attached hydrogen (secondary N) is 1. The van der Waals surface area contributed by atoms with Crippen LogP contribution in [0, 0.1) is 13.8 Å². The van der Waals surface area contributed by atoms with Gasteiger partial charge >= 0.3 is 0 Å². The topological polar surface area (TPSA) is 60.3 Å². The molecule has 27 heavy (non-hydrogen) atoms. The number of nitrogens with zero attached hydrogens (tertiary/aromatic N) is 1. The monoisotopic (exact) mass is 382 g/mol. The first-order chi connectivity index (χ1) is 12.9. The normalized spacial score (nSPS) is 10.5. The number of amides is 1. The molecule has 0 saturated heterocycles. The Bertz CT molecular complexity index is 1040. The van der Waals surface area contributed by atoms with Crippen LogP contribution in [0.15, 0.2) is 65.6 Å². The van der Waals surface area contributed by atoms with Crippen LogP contribution in [-0.4, -0.2) is 10.6 Å². The molecule has 2 aromatic carbocycles. The number of aromatic nitrogens is 1. The summed E-state index contributed by atoms with van der Waals surface area (Å²) >= 11 is 6.07. The van der Waals surface area contributed by atoms with E-state index in [1.165, 1.54) is 12.3 Å². The summed E-state index contributed by atoms with van der Waals surface area (Å²) in [6.07, 6.45) is 1.48. The first kappa shape index (κ1) is 18.7. The summed E-state index contributed by atoms with van der Waals surface area (Å²) in [5, 5.41) is 3.22. The number of benzene rings is 2. The van der Waals surface area contributed by atoms with Gasteiger partial charge in [0.15, 0.2) is 0 Å². The molecule has 0 saturated carbocycles. The Hall–Kier alpha value is -3.05. The molecular formula is C21H19ClN2O3. The third-order valence-corrected chi connectivity index (χ3v) is 4.45. The molecule has 0 aliphatic rings. The van der Waals surface area contributed by atoms with Gasteiger partial charge in [-0.2, -0.15) is 4.73 Å². The number of anilines is 1. The lowest BCUT2D eigenvalue weighted by Crippen LogP contribution is -2.32. The van der Waals surface area contributed by atoms with Gasteiger partial charge in [-0.3, -0.25) is 9.59 Å². The van der Waals surface area contributed by atoms with Crippen molar-refractivity contribution in [2.45, 2.75) is 20.5 Å². The maximum absolute atomic E-state index is 12.6. The van der Waals surface area contributed by atoms with Crippen molar-refractivity contribution in [1.29, 1.82) is 0 Å². The van der Waals surface area contributed by atoms with Crippen molar-refractivity contribution in [3.05, 3.63) is 98.4 Å². The molecule has 0 fully saturated rings. The van der Waals surface area contributed by atoms with E-state index >= 15 is 0 Å². The van der Waals surface area contributed by atoms with Gasteiger partial charge in [-0.05, 0) is 49.2 Å². The third kappa shape index (κ3) is 4.57. The zero-order chi connectivity index (χ0) is 19.4.